The molecule has 2 nitrogen and oxygen atoms in total. The number of hydrogen-bond acceptors (Lipinski definition) is 2. The van der Waals surface area contributed by atoms with Crippen LogP contribution in [0.2, 0.25) is 0 Å². The van der Waals surface area contributed by atoms with Gasteiger partial charge in [-0.05, 0) is 25.0 Å². The smallest absolute Gasteiger partial charge is 0.126 e. The normalized spacial score (nSPS) is 19.4. The highest BCUT2D eigenvalue weighted by atomic mass is 19.1. The topological polar surface area (TPSA) is 21.8 Å². The number of halogens is 1. The molecule has 0 aliphatic carbocycles. The van der Waals surface area contributed by atoms with Gasteiger partial charge in [0.15, 0.2) is 0 Å². The first-order valence-corrected chi connectivity index (χ1v) is 4.84. The maximum Gasteiger partial charge on any atom is 0.126 e. The highest BCUT2D eigenvalue weighted by Crippen LogP contribution is 2.16. The van der Waals surface area contributed by atoms with E-state index >= 15 is 0 Å². The lowest BCUT2D eigenvalue weighted by atomic mass is 10.2. The van der Waals surface area contributed by atoms with Crippen molar-refractivity contribution in [1.29, 1.82) is 0 Å². The Kier molecular flexibility index (Phi) is 2.99. The molecular weight excluding hydrogens is 183 g/mol. The lowest BCUT2D eigenvalue weighted by molar-refractivity contribution is 0.292. The van der Waals surface area contributed by atoms with Gasteiger partial charge < -0.3 is 9.47 Å². The predicted molar refractivity (Wildman–Crippen MR) is 50.9 cm³/mol. The summed E-state index contributed by atoms with van der Waals surface area (Å²) in [5, 5.41) is 0. The molecule has 1 atom stereocenters. The van der Waals surface area contributed by atoms with Crippen LogP contribution in [-0.4, -0.2) is 19.3 Å². The van der Waals surface area contributed by atoms with Gasteiger partial charge in [-0.2, -0.15) is 0 Å². The summed E-state index contributed by atoms with van der Waals surface area (Å²) in [6.07, 6.45) is 2.45. The summed E-state index contributed by atoms with van der Waals surface area (Å²) in [5.74, 6) is 0.342. The zero-order valence-electron chi connectivity index (χ0n) is 7.91. The van der Waals surface area contributed by atoms with Crippen LogP contribution in [0.15, 0.2) is 24.3 Å². The Balaban J connectivity index is 1.68. The quantitative estimate of drug-likeness (QED) is 0.532. The van der Waals surface area contributed by atoms with Crippen molar-refractivity contribution in [2.75, 3.05) is 13.2 Å². The zero-order valence-corrected chi connectivity index (χ0v) is 7.91. The first-order chi connectivity index (χ1) is 6.84. The fourth-order valence-electron chi connectivity index (χ4n) is 1.29. The van der Waals surface area contributed by atoms with Gasteiger partial charge in [-0.3, -0.25) is 0 Å². The van der Waals surface area contributed by atoms with Gasteiger partial charge in [0, 0.05) is 6.07 Å². The summed E-state index contributed by atoms with van der Waals surface area (Å²) in [4.78, 5) is 0. The molecule has 0 N–H and O–H groups in total. The Morgan fingerprint density at radius 3 is 3.07 bits per heavy atom. The third kappa shape index (κ3) is 3.00. The summed E-state index contributed by atoms with van der Waals surface area (Å²) in [6, 6.07) is 6.21. The van der Waals surface area contributed by atoms with Crippen LogP contribution >= 0.6 is 0 Å². The van der Waals surface area contributed by atoms with Crippen LogP contribution in [0.3, 0.4) is 0 Å². The second-order valence-corrected chi connectivity index (χ2v) is 3.40. The van der Waals surface area contributed by atoms with Crippen LogP contribution in [0.25, 0.3) is 0 Å². The van der Waals surface area contributed by atoms with Crippen LogP contribution in [-0.2, 0) is 4.74 Å². The van der Waals surface area contributed by atoms with Crippen LogP contribution < -0.4 is 4.74 Å². The summed E-state index contributed by atoms with van der Waals surface area (Å²) in [7, 11) is 0. The molecule has 1 aromatic rings. The summed E-state index contributed by atoms with van der Waals surface area (Å²) in [5.41, 5.74) is 0. The molecule has 0 saturated carbocycles. The maximum absolute atomic E-state index is 12.7. The molecule has 1 heterocycles. The van der Waals surface area contributed by atoms with Crippen molar-refractivity contribution in [2.24, 2.45) is 0 Å². The highest BCUT2D eigenvalue weighted by Gasteiger charge is 2.21. The van der Waals surface area contributed by atoms with Gasteiger partial charge in [0.05, 0.1) is 19.3 Å². The van der Waals surface area contributed by atoms with Crippen molar-refractivity contribution in [3.8, 4) is 5.75 Å². The van der Waals surface area contributed by atoms with Crippen molar-refractivity contribution in [1.82, 2.24) is 0 Å². The number of rotatable bonds is 5. The molecule has 1 aliphatic rings. The zero-order chi connectivity index (χ0) is 9.80. The molecule has 3 heteroatoms. The monoisotopic (exact) mass is 196 g/mol. The van der Waals surface area contributed by atoms with Crippen LogP contribution in [0, 0.1) is 5.82 Å². The van der Waals surface area contributed by atoms with Crippen molar-refractivity contribution in [3.05, 3.63) is 30.1 Å². The van der Waals surface area contributed by atoms with E-state index in [0.29, 0.717) is 18.5 Å². The van der Waals surface area contributed by atoms with Crippen molar-refractivity contribution >= 4 is 0 Å². The second kappa shape index (κ2) is 4.42. The van der Waals surface area contributed by atoms with E-state index < -0.39 is 0 Å². The standard InChI is InChI=1S/C11H13FO2/c12-9-3-1-4-10(7-9)13-6-2-5-11-8-14-11/h1,3-4,7,11H,2,5-6,8H2. The fraction of sp³-hybridized carbons (Fsp3) is 0.455. The molecule has 1 saturated heterocycles. The van der Waals surface area contributed by atoms with Gasteiger partial charge in [0.2, 0.25) is 0 Å². The Morgan fingerprint density at radius 1 is 1.50 bits per heavy atom. The molecule has 0 amide bonds. The van der Waals surface area contributed by atoms with E-state index in [9.17, 15) is 4.39 Å². The first kappa shape index (κ1) is 9.46. The first-order valence-electron chi connectivity index (χ1n) is 4.84. The van der Waals surface area contributed by atoms with E-state index in [1.54, 1.807) is 12.1 Å². The van der Waals surface area contributed by atoms with Gasteiger partial charge in [-0.1, -0.05) is 6.07 Å². The largest absolute Gasteiger partial charge is 0.493 e. The second-order valence-electron chi connectivity index (χ2n) is 3.40. The van der Waals surface area contributed by atoms with Crippen LogP contribution in [0.4, 0.5) is 4.39 Å². The lowest BCUT2D eigenvalue weighted by Gasteiger charge is -2.04. The number of epoxide rings is 1. The summed E-state index contributed by atoms with van der Waals surface area (Å²) < 4.78 is 23.1. The number of hydrogen-bond donors (Lipinski definition) is 0. The van der Waals surface area contributed by atoms with Gasteiger partial charge in [0.25, 0.3) is 0 Å². The molecular formula is C11H13FO2. The van der Waals surface area contributed by atoms with Crippen LogP contribution in [0.5, 0.6) is 5.75 Å². The third-order valence-corrected chi connectivity index (χ3v) is 2.14. The average molecular weight is 196 g/mol. The van der Waals surface area contributed by atoms with E-state index in [2.05, 4.69) is 0 Å². The minimum atomic E-state index is -0.256. The molecule has 76 valence electrons. The Labute approximate surface area is 82.6 Å². The van der Waals surface area contributed by atoms with E-state index in [0.717, 1.165) is 19.4 Å². The fourth-order valence-corrected chi connectivity index (χ4v) is 1.29. The summed E-state index contributed by atoms with van der Waals surface area (Å²) in [6.45, 7) is 1.52. The van der Waals surface area contributed by atoms with Crippen molar-refractivity contribution in [2.45, 2.75) is 18.9 Å². The predicted octanol–water partition coefficient (Wildman–Crippen LogP) is 2.38. The van der Waals surface area contributed by atoms with E-state index in [-0.39, 0.29) is 5.82 Å². The molecule has 0 spiro atoms. The highest BCUT2D eigenvalue weighted by molar-refractivity contribution is 5.22. The minimum absolute atomic E-state index is 0.256. The number of benzene rings is 1. The Morgan fingerprint density at radius 2 is 2.36 bits per heavy atom. The molecule has 1 unspecified atom stereocenters. The van der Waals surface area contributed by atoms with Crippen molar-refractivity contribution in [3.63, 3.8) is 0 Å². The lowest BCUT2D eigenvalue weighted by Crippen LogP contribution is -1.99. The molecule has 0 aromatic heterocycles. The van der Waals surface area contributed by atoms with Crippen molar-refractivity contribution < 1.29 is 13.9 Å². The molecule has 1 fully saturated rings. The molecule has 1 aromatic carbocycles. The molecule has 0 radical (unpaired) electrons. The molecule has 1 aliphatic heterocycles. The van der Waals surface area contributed by atoms with E-state index in [1.165, 1.54) is 12.1 Å². The average Bonchev–Trinajstić information content (AvgIpc) is 2.96. The van der Waals surface area contributed by atoms with Gasteiger partial charge in [-0.15, -0.1) is 0 Å². The maximum atomic E-state index is 12.7. The summed E-state index contributed by atoms with van der Waals surface area (Å²) >= 11 is 0. The number of ether oxygens (including phenoxy) is 2. The molecule has 14 heavy (non-hydrogen) atoms. The Bertz CT molecular complexity index is 297. The molecule has 2 rings (SSSR count). The van der Waals surface area contributed by atoms with Gasteiger partial charge in [-0.25, -0.2) is 4.39 Å². The SMILES string of the molecule is Fc1cccc(OCCCC2CO2)c1. The molecule has 0 bridgehead atoms. The Hall–Kier alpha value is -1.09. The third-order valence-electron chi connectivity index (χ3n) is 2.14. The van der Waals surface area contributed by atoms with Gasteiger partial charge >= 0.3 is 0 Å². The van der Waals surface area contributed by atoms with Crippen LogP contribution in [0.1, 0.15) is 12.8 Å². The van der Waals surface area contributed by atoms with E-state index in [1.807, 2.05) is 0 Å². The minimum Gasteiger partial charge on any atom is -0.493 e. The van der Waals surface area contributed by atoms with E-state index in [4.69, 9.17) is 9.47 Å². The van der Waals surface area contributed by atoms with Gasteiger partial charge in [0.1, 0.15) is 11.6 Å².